The molecule has 1 atom stereocenters. The average molecular weight is 387 g/mol. The van der Waals surface area contributed by atoms with Crippen LogP contribution >= 0.6 is 11.3 Å². The molecular weight excluding hydrogens is 360 g/mol. The molecule has 2 aromatic rings. The van der Waals surface area contributed by atoms with E-state index in [0.29, 0.717) is 17.9 Å². The maximum absolute atomic E-state index is 13.0. The van der Waals surface area contributed by atoms with Crippen LogP contribution in [0.5, 0.6) is 0 Å². The Morgan fingerprint density at radius 2 is 1.93 bits per heavy atom. The molecule has 27 heavy (non-hydrogen) atoms. The first kappa shape index (κ1) is 19.4. The van der Waals surface area contributed by atoms with Crippen molar-refractivity contribution in [1.29, 1.82) is 0 Å². The molecule has 1 saturated heterocycles. The molecule has 1 N–H and O–H groups in total. The molecule has 5 nitrogen and oxygen atoms in total. The fourth-order valence-electron chi connectivity index (χ4n) is 3.38. The molecule has 6 heteroatoms. The molecule has 2 heterocycles. The van der Waals surface area contributed by atoms with Crippen molar-refractivity contribution in [2.45, 2.75) is 45.6 Å². The van der Waals surface area contributed by atoms with Crippen molar-refractivity contribution >= 4 is 29.0 Å². The number of hydrogen-bond donors (Lipinski definition) is 1. The summed E-state index contributed by atoms with van der Waals surface area (Å²) < 4.78 is 4.99. The summed E-state index contributed by atoms with van der Waals surface area (Å²) in [6, 6.07) is 11.1. The van der Waals surface area contributed by atoms with Gasteiger partial charge < -0.3 is 15.0 Å². The number of nitrogens with one attached hydrogen (secondary N) is 1. The van der Waals surface area contributed by atoms with Gasteiger partial charge >= 0.3 is 12.0 Å². The van der Waals surface area contributed by atoms with Crippen LogP contribution in [-0.4, -0.2) is 30.1 Å². The SMILES string of the molecule is CCOC(=O)c1ccc(NC(=O)N2CCCCCC2c2ccc(C)s2)cc1. The summed E-state index contributed by atoms with van der Waals surface area (Å²) in [5, 5.41) is 2.98. The molecule has 0 bridgehead atoms. The van der Waals surface area contributed by atoms with Gasteiger partial charge in [-0.05, 0) is 63.1 Å². The number of thiophene rings is 1. The van der Waals surface area contributed by atoms with Gasteiger partial charge in [-0.1, -0.05) is 12.8 Å². The Bertz CT molecular complexity index is 785. The van der Waals surface area contributed by atoms with Crippen LogP contribution in [0.4, 0.5) is 10.5 Å². The normalized spacial score (nSPS) is 17.3. The third-order valence-electron chi connectivity index (χ3n) is 4.75. The van der Waals surface area contributed by atoms with Gasteiger partial charge in [0.2, 0.25) is 0 Å². The minimum atomic E-state index is -0.351. The van der Waals surface area contributed by atoms with Crippen LogP contribution < -0.4 is 5.32 Å². The van der Waals surface area contributed by atoms with E-state index in [-0.39, 0.29) is 18.0 Å². The van der Waals surface area contributed by atoms with Gasteiger partial charge in [0.25, 0.3) is 0 Å². The van der Waals surface area contributed by atoms with Crippen LogP contribution in [0.1, 0.15) is 58.8 Å². The summed E-state index contributed by atoms with van der Waals surface area (Å²) in [4.78, 5) is 29.2. The average Bonchev–Trinajstić information content (AvgIpc) is 2.94. The number of amides is 2. The quantitative estimate of drug-likeness (QED) is 0.718. The van der Waals surface area contributed by atoms with E-state index >= 15 is 0 Å². The molecule has 0 radical (unpaired) electrons. The van der Waals surface area contributed by atoms with Gasteiger partial charge in [-0.25, -0.2) is 9.59 Å². The van der Waals surface area contributed by atoms with E-state index in [1.54, 1.807) is 42.5 Å². The number of likely N-dealkylation sites (tertiary alicyclic amines) is 1. The Labute approximate surface area is 164 Å². The van der Waals surface area contributed by atoms with Crippen LogP contribution in [0.2, 0.25) is 0 Å². The van der Waals surface area contributed by atoms with E-state index in [2.05, 4.69) is 24.4 Å². The summed E-state index contributed by atoms with van der Waals surface area (Å²) in [6.45, 7) is 4.98. The van der Waals surface area contributed by atoms with Crippen LogP contribution in [0.3, 0.4) is 0 Å². The van der Waals surface area contributed by atoms with Gasteiger partial charge in [-0.2, -0.15) is 0 Å². The lowest BCUT2D eigenvalue weighted by atomic mass is 10.1. The predicted octanol–water partition coefficient (Wildman–Crippen LogP) is 5.38. The van der Waals surface area contributed by atoms with Crippen molar-refractivity contribution in [2.24, 2.45) is 0 Å². The molecule has 1 aromatic carbocycles. The zero-order valence-electron chi connectivity index (χ0n) is 15.9. The van der Waals surface area contributed by atoms with Crippen LogP contribution in [0, 0.1) is 6.92 Å². The van der Waals surface area contributed by atoms with Crippen molar-refractivity contribution in [3.05, 3.63) is 51.7 Å². The molecule has 1 aromatic heterocycles. The summed E-state index contributed by atoms with van der Waals surface area (Å²) >= 11 is 1.77. The number of aryl methyl sites for hydroxylation is 1. The third-order valence-corrected chi connectivity index (χ3v) is 5.85. The fourth-order valence-corrected chi connectivity index (χ4v) is 4.40. The first-order chi connectivity index (χ1) is 13.1. The van der Waals surface area contributed by atoms with Gasteiger partial charge in [0.1, 0.15) is 0 Å². The minimum Gasteiger partial charge on any atom is -0.462 e. The third kappa shape index (κ3) is 4.89. The molecular formula is C21H26N2O3S. The zero-order chi connectivity index (χ0) is 19.2. The maximum Gasteiger partial charge on any atom is 0.338 e. The standard InChI is InChI=1S/C21H26N2O3S/c1-3-26-20(24)16-9-11-17(12-10-16)22-21(25)23-14-6-4-5-7-18(23)19-13-8-15(2)27-19/h8-13,18H,3-7,14H2,1-2H3,(H,22,25). The number of carbonyl (C=O) groups excluding carboxylic acids is 2. The molecule has 1 unspecified atom stereocenters. The van der Waals surface area contributed by atoms with Crippen molar-refractivity contribution < 1.29 is 14.3 Å². The highest BCUT2D eigenvalue weighted by atomic mass is 32.1. The second-order valence-corrected chi connectivity index (χ2v) is 8.05. The summed E-state index contributed by atoms with van der Waals surface area (Å²) in [5.41, 5.74) is 1.16. The highest BCUT2D eigenvalue weighted by Crippen LogP contribution is 2.34. The number of urea groups is 1. The lowest BCUT2D eigenvalue weighted by Crippen LogP contribution is -2.37. The molecule has 0 saturated carbocycles. The Hall–Kier alpha value is -2.34. The molecule has 1 aliphatic rings. The number of esters is 1. The zero-order valence-corrected chi connectivity index (χ0v) is 16.7. The number of hydrogen-bond acceptors (Lipinski definition) is 4. The smallest absolute Gasteiger partial charge is 0.338 e. The summed E-state index contributed by atoms with van der Waals surface area (Å²) in [7, 11) is 0. The van der Waals surface area contributed by atoms with Gasteiger partial charge in [-0.15, -0.1) is 11.3 Å². The second kappa shape index (κ2) is 9.04. The molecule has 1 aliphatic heterocycles. The Morgan fingerprint density at radius 1 is 1.15 bits per heavy atom. The number of anilines is 1. The van der Waals surface area contributed by atoms with E-state index in [1.807, 2.05) is 4.90 Å². The van der Waals surface area contributed by atoms with Gasteiger partial charge in [0.15, 0.2) is 0 Å². The number of nitrogens with zero attached hydrogens (tertiary/aromatic N) is 1. The first-order valence-electron chi connectivity index (χ1n) is 9.49. The molecule has 1 fully saturated rings. The van der Waals surface area contributed by atoms with Crippen molar-refractivity contribution in [1.82, 2.24) is 4.90 Å². The van der Waals surface area contributed by atoms with Gasteiger partial charge in [0, 0.05) is 22.0 Å². The molecule has 144 valence electrons. The molecule has 2 amide bonds. The maximum atomic E-state index is 13.0. The highest BCUT2D eigenvalue weighted by Gasteiger charge is 2.27. The van der Waals surface area contributed by atoms with Crippen LogP contribution in [-0.2, 0) is 4.74 Å². The van der Waals surface area contributed by atoms with E-state index in [4.69, 9.17) is 4.74 Å². The second-order valence-electron chi connectivity index (χ2n) is 6.73. The summed E-state index contributed by atoms with van der Waals surface area (Å²) in [5.74, 6) is -0.351. The number of ether oxygens (including phenoxy) is 1. The number of carbonyl (C=O) groups is 2. The number of benzene rings is 1. The number of rotatable bonds is 4. The molecule has 0 aliphatic carbocycles. The van der Waals surface area contributed by atoms with E-state index in [9.17, 15) is 9.59 Å². The Morgan fingerprint density at radius 3 is 2.59 bits per heavy atom. The topological polar surface area (TPSA) is 58.6 Å². The molecule has 3 rings (SSSR count). The van der Waals surface area contributed by atoms with Crippen LogP contribution in [0.15, 0.2) is 36.4 Å². The predicted molar refractivity (Wildman–Crippen MR) is 108 cm³/mol. The van der Waals surface area contributed by atoms with E-state index in [1.165, 1.54) is 9.75 Å². The minimum absolute atomic E-state index is 0.0863. The highest BCUT2D eigenvalue weighted by molar-refractivity contribution is 7.12. The van der Waals surface area contributed by atoms with Gasteiger partial charge in [-0.3, -0.25) is 0 Å². The van der Waals surface area contributed by atoms with Gasteiger partial charge in [0.05, 0.1) is 18.2 Å². The lowest BCUT2D eigenvalue weighted by molar-refractivity contribution is 0.0526. The van der Waals surface area contributed by atoms with Crippen molar-refractivity contribution in [2.75, 3.05) is 18.5 Å². The monoisotopic (exact) mass is 386 g/mol. The van der Waals surface area contributed by atoms with Crippen molar-refractivity contribution in [3.63, 3.8) is 0 Å². The largest absolute Gasteiger partial charge is 0.462 e. The van der Waals surface area contributed by atoms with E-state index in [0.717, 1.165) is 32.2 Å². The Kier molecular flexibility index (Phi) is 6.50. The first-order valence-corrected chi connectivity index (χ1v) is 10.3. The fraction of sp³-hybridized carbons (Fsp3) is 0.429. The Balaban J connectivity index is 1.71. The van der Waals surface area contributed by atoms with E-state index < -0.39 is 0 Å². The van der Waals surface area contributed by atoms with Crippen LogP contribution in [0.25, 0.3) is 0 Å². The summed E-state index contributed by atoms with van der Waals surface area (Å²) in [6.07, 6.45) is 4.31. The lowest BCUT2D eigenvalue weighted by Gasteiger charge is -2.29. The molecule has 0 spiro atoms. The van der Waals surface area contributed by atoms with Crippen molar-refractivity contribution in [3.8, 4) is 0 Å².